The number of ether oxygens (including phenoxy) is 1. The molecule has 54 valence electrons. The fourth-order valence-electron chi connectivity index (χ4n) is 1.08. The quantitative estimate of drug-likeness (QED) is 0.569. The average Bonchev–Trinajstić information content (AvgIpc) is 2.05. The monoisotopic (exact) mass is 155 g/mol. The van der Waals surface area contributed by atoms with Crippen LogP contribution < -0.4 is 5.32 Å². The van der Waals surface area contributed by atoms with E-state index in [4.69, 9.17) is 4.74 Å². The second kappa shape index (κ2) is 2.58. The van der Waals surface area contributed by atoms with Crippen LogP contribution >= 0.6 is 11.8 Å². The number of thioether (sulfide) groups is 1. The van der Waals surface area contributed by atoms with Gasteiger partial charge in [-0.05, 0) is 6.08 Å². The van der Waals surface area contributed by atoms with Crippen LogP contribution in [-0.4, -0.2) is 11.6 Å². The molecule has 1 fully saturated rings. The van der Waals surface area contributed by atoms with E-state index in [0.29, 0.717) is 5.92 Å². The predicted molar refractivity (Wildman–Crippen MR) is 42.3 cm³/mol. The van der Waals surface area contributed by atoms with Crippen molar-refractivity contribution >= 4 is 11.8 Å². The minimum absolute atomic E-state index is 0.562. The molecule has 1 unspecified atom stereocenters. The molecular weight excluding hydrogens is 146 g/mol. The van der Waals surface area contributed by atoms with Gasteiger partial charge in [0.25, 0.3) is 0 Å². The third-order valence-electron chi connectivity index (χ3n) is 1.66. The van der Waals surface area contributed by atoms with E-state index in [-0.39, 0.29) is 0 Å². The highest BCUT2D eigenvalue weighted by Gasteiger charge is 2.18. The number of hydrogen-bond acceptors (Lipinski definition) is 3. The molecule has 2 aliphatic rings. The molecule has 0 amide bonds. The zero-order valence-corrected chi connectivity index (χ0v) is 6.36. The maximum Gasteiger partial charge on any atom is 0.110 e. The van der Waals surface area contributed by atoms with E-state index in [1.807, 2.05) is 11.8 Å². The first-order valence-corrected chi connectivity index (χ1v) is 4.46. The van der Waals surface area contributed by atoms with Crippen molar-refractivity contribution in [1.82, 2.24) is 5.32 Å². The molecule has 0 aromatic carbocycles. The Hall–Kier alpha value is -0.570. The molecule has 0 aromatic heterocycles. The summed E-state index contributed by atoms with van der Waals surface area (Å²) in [5, 5.41) is 3.27. The Bertz CT molecular complexity index is 188. The summed E-state index contributed by atoms with van der Waals surface area (Å²) < 4.78 is 5.02. The lowest BCUT2D eigenvalue weighted by molar-refractivity contribution is 0.371. The van der Waals surface area contributed by atoms with Gasteiger partial charge in [0.2, 0.25) is 0 Å². The molecule has 0 saturated carbocycles. The first-order chi connectivity index (χ1) is 4.97. The molecule has 1 saturated heterocycles. The van der Waals surface area contributed by atoms with Crippen molar-refractivity contribution < 1.29 is 4.74 Å². The van der Waals surface area contributed by atoms with Crippen molar-refractivity contribution in [2.45, 2.75) is 0 Å². The first kappa shape index (κ1) is 6.16. The maximum atomic E-state index is 5.02. The van der Waals surface area contributed by atoms with Crippen LogP contribution in [0.25, 0.3) is 0 Å². The van der Waals surface area contributed by atoms with Crippen LogP contribution in [0.15, 0.2) is 24.3 Å². The molecule has 10 heavy (non-hydrogen) atoms. The molecule has 0 bridgehead atoms. The summed E-state index contributed by atoms with van der Waals surface area (Å²) >= 11 is 1.92. The molecular formula is C7H9NOS. The van der Waals surface area contributed by atoms with E-state index in [1.54, 1.807) is 12.5 Å². The van der Waals surface area contributed by atoms with E-state index in [9.17, 15) is 0 Å². The van der Waals surface area contributed by atoms with Gasteiger partial charge in [-0.15, -0.1) is 11.8 Å². The lowest BCUT2D eigenvalue weighted by atomic mass is 10.1. The van der Waals surface area contributed by atoms with Crippen molar-refractivity contribution in [3.63, 3.8) is 0 Å². The minimum atomic E-state index is 0.562. The van der Waals surface area contributed by atoms with Gasteiger partial charge < -0.3 is 10.1 Å². The lowest BCUT2D eigenvalue weighted by Gasteiger charge is -2.25. The number of rotatable bonds is 0. The Morgan fingerprint density at radius 2 is 2.70 bits per heavy atom. The molecule has 2 nitrogen and oxygen atoms in total. The molecule has 2 rings (SSSR count). The third-order valence-corrected chi connectivity index (χ3v) is 2.60. The predicted octanol–water partition coefficient (Wildman–Crippen LogP) is 1.28. The number of fused-ring (bicyclic) bond motifs is 1. The lowest BCUT2D eigenvalue weighted by Crippen LogP contribution is -2.27. The van der Waals surface area contributed by atoms with Crippen LogP contribution in [-0.2, 0) is 4.74 Å². The Balaban J connectivity index is 2.13. The molecule has 0 spiro atoms. The van der Waals surface area contributed by atoms with Gasteiger partial charge >= 0.3 is 0 Å². The zero-order valence-electron chi connectivity index (χ0n) is 5.54. The summed E-state index contributed by atoms with van der Waals surface area (Å²) in [6.07, 6.45) is 5.64. The highest BCUT2D eigenvalue weighted by molar-refractivity contribution is 7.99. The van der Waals surface area contributed by atoms with E-state index in [1.165, 1.54) is 11.4 Å². The van der Waals surface area contributed by atoms with Crippen LogP contribution in [0.2, 0.25) is 0 Å². The van der Waals surface area contributed by atoms with Crippen molar-refractivity contribution in [1.29, 1.82) is 0 Å². The summed E-state index contributed by atoms with van der Waals surface area (Å²) in [7, 11) is 0. The van der Waals surface area contributed by atoms with Crippen LogP contribution in [0.1, 0.15) is 0 Å². The van der Waals surface area contributed by atoms with Crippen molar-refractivity contribution in [3.8, 4) is 0 Å². The normalized spacial score (nSPS) is 29.6. The van der Waals surface area contributed by atoms with Crippen LogP contribution in [0.4, 0.5) is 0 Å². The fraction of sp³-hybridized carbons (Fsp3) is 0.429. The molecule has 0 aromatic rings. The summed E-state index contributed by atoms with van der Waals surface area (Å²) in [5.74, 6) is 2.76. The first-order valence-electron chi connectivity index (χ1n) is 3.30. The Kier molecular flexibility index (Phi) is 1.59. The van der Waals surface area contributed by atoms with Gasteiger partial charge in [0.15, 0.2) is 0 Å². The summed E-state index contributed by atoms with van der Waals surface area (Å²) in [6, 6.07) is 0. The van der Waals surface area contributed by atoms with E-state index in [2.05, 4.69) is 11.4 Å². The SMILES string of the molecule is C1=CC2CSCNC2=CO1. The molecule has 3 heteroatoms. The van der Waals surface area contributed by atoms with Crippen LogP contribution in [0, 0.1) is 5.92 Å². The van der Waals surface area contributed by atoms with Gasteiger partial charge in [-0.1, -0.05) is 0 Å². The van der Waals surface area contributed by atoms with Gasteiger partial charge in [0.1, 0.15) is 6.26 Å². The molecule has 1 atom stereocenters. The van der Waals surface area contributed by atoms with Crippen molar-refractivity contribution in [2.24, 2.45) is 5.92 Å². The molecule has 2 aliphatic heterocycles. The van der Waals surface area contributed by atoms with Gasteiger partial charge in [0.05, 0.1) is 17.8 Å². The van der Waals surface area contributed by atoms with Gasteiger partial charge in [-0.25, -0.2) is 0 Å². The zero-order chi connectivity index (χ0) is 6.81. The van der Waals surface area contributed by atoms with Gasteiger partial charge in [0, 0.05) is 11.7 Å². The smallest absolute Gasteiger partial charge is 0.110 e. The number of nitrogens with one attached hydrogen (secondary N) is 1. The third kappa shape index (κ3) is 1.01. The van der Waals surface area contributed by atoms with E-state index in [0.717, 1.165) is 5.88 Å². The summed E-state index contributed by atoms with van der Waals surface area (Å²) in [6.45, 7) is 0. The largest absolute Gasteiger partial charge is 0.471 e. The van der Waals surface area contributed by atoms with Crippen LogP contribution in [0.3, 0.4) is 0 Å². The summed E-state index contributed by atoms with van der Waals surface area (Å²) in [5.41, 5.74) is 1.22. The highest BCUT2D eigenvalue weighted by atomic mass is 32.2. The molecule has 2 heterocycles. The molecule has 0 radical (unpaired) electrons. The van der Waals surface area contributed by atoms with E-state index < -0.39 is 0 Å². The second-order valence-electron chi connectivity index (χ2n) is 2.34. The fourth-order valence-corrected chi connectivity index (χ4v) is 2.01. The second-order valence-corrected chi connectivity index (χ2v) is 3.37. The standard InChI is InChI=1S/C7H9NOS/c1-2-9-3-7-6(1)4-10-5-8-7/h1-3,6,8H,4-5H2. The summed E-state index contributed by atoms with van der Waals surface area (Å²) in [4.78, 5) is 0. The van der Waals surface area contributed by atoms with Crippen molar-refractivity contribution in [3.05, 3.63) is 24.3 Å². The number of allylic oxidation sites excluding steroid dienone is 1. The number of hydrogen-bond donors (Lipinski definition) is 1. The van der Waals surface area contributed by atoms with Crippen molar-refractivity contribution in [2.75, 3.05) is 11.6 Å². The van der Waals surface area contributed by atoms with E-state index >= 15 is 0 Å². The Morgan fingerprint density at radius 1 is 1.70 bits per heavy atom. The van der Waals surface area contributed by atoms with Gasteiger partial charge in [-0.2, -0.15) is 0 Å². The highest BCUT2D eigenvalue weighted by Crippen LogP contribution is 2.24. The Labute approximate surface area is 64.3 Å². The minimum Gasteiger partial charge on any atom is -0.471 e. The Morgan fingerprint density at radius 3 is 3.60 bits per heavy atom. The average molecular weight is 155 g/mol. The van der Waals surface area contributed by atoms with Gasteiger partial charge in [-0.3, -0.25) is 0 Å². The maximum absolute atomic E-state index is 5.02. The molecule has 1 N–H and O–H groups in total. The molecule has 0 aliphatic carbocycles. The topological polar surface area (TPSA) is 21.3 Å². The van der Waals surface area contributed by atoms with Crippen LogP contribution in [0.5, 0.6) is 0 Å².